The second kappa shape index (κ2) is 5.88. The maximum Gasteiger partial charge on any atom is 0.257 e. The minimum atomic E-state index is -0.00495. The highest BCUT2D eigenvalue weighted by Crippen LogP contribution is 2.34. The van der Waals surface area contributed by atoms with Crippen molar-refractivity contribution in [2.24, 2.45) is 5.92 Å². The first-order valence-electron chi connectivity index (χ1n) is 7.69. The third kappa shape index (κ3) is 2.55. The number of likely N-dealkylation sites (tertiary alicyclic amines) is 1. The molecule has 1 saturated carbocycles. The van der Waals surface area contributed by atoms with Crippen LogP contribution in [0, 0.1) is 5.92 Å². The molecule has 1 aromatic rings. The first kappa shape index (κ1) is 14.1. The molecule has 4 heteroatoms. The van der Waals surface area contributed by atoms with Crippen molar-refractivity contribution in [2.75, 3.05) is 13.7 Å². The van der Waals surface area contributed by atoms with Crippen molar-refractivity contribution in [3.8, 4) is 5.75 Å². The first-order valence-corrected chi connectivity index (χ1v) is 7.69. The molecule has 1 heterocycles. The second-order valence-corrected chi connectivity index (χ2v) is 5.87. The number of methoxy groups -OCH3 is 1. The zero-order valence-electron chi connectivity index (χ0n) is 12.4. The Morgan fingerprint density at radius 2 is 2.05 bits per heavy atom. The number of nitrogens with zero attached hydrogens (tertiary/aromatic N) is 1. The van der Waals surface area contributed by atoms with Crippen LogP contribution in [-0.2, 0) is 4.79 Å². The van der Waals surface area contributed by atoms with E-state index in [1.807, 2.05) is 17.0 Å². The van der Waals surface area contributed by atoms with E-state index < -0.39 is 0 Å². The Kier molecular flexibility index (Phi) is 3.95. The molecule has 0 aromatic heterocycles. The minimum Gasteiger partial charge on any atom is -0.496 e. The van der Waals surface area contributed by atoms with Gasteiger partial charge in [-0.25, -0.2) is 0 Å². The summed E-state index contributed by atoms with van der Waals surface area (Å²) in [7, 11) is 1.58. The van der Waals surface area contributed by atoms with Crippen LogP contribution < -0.4 is 4.74 Å². The van der Waals surface area contributed by atoms with Gasteiger partial charge in [0.15, 0.2) is 0 Å². The fourth-order valence-electron chi connectivity index (χ4n) is 3.69. The topological polar surface area (TPSA) is 46.6 Å². The van der Waals surface area contributed by atoms with Crippen LogP contribution in [0.3, 0.4) is 0 Å². The Hall–Kier alpha value is -1.84. The minimum absolute atomic E-state index is 0.00495. The maximum atomic E-state index is 12.8. The average Bonchev–Trinajstić information content (AvgIpc) is 3.14. The lowest BCUT2D eigenvalue weighted by Crippen LogP contribution is -2.41. The van der Waals surface area contributed by atoms with Crippen LogP contribution in [0.2, 0.25) is 0 Å². The van der Waals surface area contributed by atoms with E-state index in [1.165, 1.54) is 0 Å². The van der Waals surface area contributed by atoms with Gasteiger partial charge in [-0.15, -0.1) is 0 Å². The molecular formula is C17H21NO3. The number of rotatable bonds is 3. The number of amides is 1. The molecule has 0 radical (unpaired) electrons. The van der Waals surface area contributed by atoms with Crippen molar-refractivity contribution in [1.82, 2.24) is 4.90 Å². The summed E-state index contributed by atoms with van der Waals surface area (Å²) in [5.74, 6) is 0.978. The molecule has 0 spiro atoms. The van der Waals surface area contributed by atoms with Crippen LogP contribution in [0.4, 0.5) is 0 Å². The van der Waals surface area contributed by atoms with E-state index in [-0.39, 0.29) is 17.9 Å². The number of Topliss-reactive ketones (excluding diaryl/α,β-unsaturated/α-hetero) is 1. The zero-order chi connectivity index (χ0) is 14.8. The number of benzene rings is 1. The van der Waals surface area contributed by atoms with Gasteiger partial charge in [0.2, 0.25) is 0 Å². The molecule has 2 unspecified atom stereocenters. The van der Waals surface area contributed by atoms with Crippen molar-refractivity contribution in [2.45, 2.75) is 38.1 Å². The Morgan fingerprint density at radius 1 is 1.24 bits per heavy atom. The highest BCUT2D eigenvalue weighted by atomic mass is 16.5. The Balaban J connectivity index is 1.84. The summed E-state index contributed by atoms with van der Waals surface area (Å²) in [4.78, 5) is 26.8. The third-order valence-electron chi connectivity index (χ3n) is 4.71. The van der Waals surface area contributed by atoms with Crippen LogP contribution in [-0.4, -0.2) is 36.3 Å². The molecule has 4 nitrogen and oxygen atoms in total. The first-order chi connectivity index (χ1) is 10.2. The molecule has 0 N–H and O–H groups in total. The molecular weight excluding hydrogens is 266 g/mol. The van der Waals surface area contributed by atoms with E-state index in [2.05, 4.69) is 0 Å². The van der Waals surface area contributed by atoms with Crippen LogP contribution in [0.25, 0.3) is 0 Å². The van der Waals surface area contributed by atoms with E-state index in [0.29, 0.717) is 23.5 Å². The molecule has 1 aliphatic carbocycles. The fourth-order valence-corrected chi connectivity index (χ4v) is 3.69. The Morgan fingerprint density at radius 3 is 2.76 bits per heavy atom. The fraction of sp³-hybridized carbons (Fsp3) is 0.529. The normalized spacial score (nSPS) is 25.4. The molecule has 1 aromatic carbocycles. The van der Waals surface area contributed by atoms with E-state index >= 15 is 0 Å². The highest BCUT2D eigenvalue weighted by molar-refractivity contribution is 5.97. The summed E-state index contributed by atoms with van der Waals surface area (Å²) >= 11 is 0. The number of ketones is 1. The van der Waals surface area contributed by atoms with Gasteiger partial charge >= 0.3 is 0 Å². The highest BCUT2D eigenvalue weighted by Gasteiger charge is 2.40. The van der Waals surface area contributed by atoms with Gasteiger partial charge in [-0.2, -0.15) is 0 Å². The van der Waals surface area contributed by atoms with Crippen molar-refractivity contribution >= 4 is 11.7 Å². The Labute approximate surface area is 125 Å². The number of carbonyl (C=O) groups excluding carboxylic acids is 2. The van der Waals surface area contributed by atoms with Gasteiger partial charge in [0.1, 0.15) is 11.5 Å². The van der Waals surface area contributed by atoms with Gasteiger partial charge in [-0.3, -0.25) is 9.59 Å². The van der Waals surface area contributed by atoms with E-state index in [9.17, 15) is 9.59 Å². The van der Waals surface area contributed by atoms with Gasteiger partial charge in [-0.1, -0.05) is 12.1 Å². The van der Waals surface area contributed by atoms with E-state index in [1.54, 1.807) is 19.2 Å². The summed E-state index contributed by atoms with van der Waals surface area (Å²) in [6, 6.07) is 7.39. The monoisotopic (exact) mass is 287 g/mol. The molecule has 2 fully saturated rings. The molecule has 2 atom stereocenters. The van der Waals surface area contributed by atoms with Gasteiger partial charge < -0.3 is 9.64 Å². The molecule has 3 rings (SSSR count). The number of hydrogen-bond acceptors (Lipinski definition) is 3. The van der Waals surface area contributed by atoms with Crippen molar-refractivity contribution in [1.29, 1.82) is 0 Å². The summed E-state index contributed by atoms with van der Waals surface area (Å²) in [5, 5.41) is 0. The number of para-hydroxylation sites is 1. The predicted octanol–water partition coefficient (Wildman–Crippen LogP) is 2.67. The van der Waals surface area contributed by atoms with Gasteiger partial charge in [-0.05, 0) is 37.8 Å². The van der Waals surface area contributed by atoms with Crippen molar-refractivity contribution in [3.63, 3.8) is 0 Å². The summed E-state index contributed by atoms with van der Waals surface area (Å²) in [5.41, 5.74) is 0.595. The smallest absolute Gasteiger partial charge is 0.257 e. The standard InChI is InChI=1S/C17H21NO3/c1-21-16-10-3-2-6-13(16)17(20)18-11-5-8-14(18)12-7-4-9-15(12)19/h2-3,6,10,12,14H,4-5,7-9,11H2,1H3. The van der Waals surface area contributed by atoms with Crippen LogP contribution in [0.5, 0.6) is 5.75 Å². The molecule has 2 aliphatic rings. The lowest BCUT2D eigenvalue weighted by atomic mass is 9.94. The van der Waals surface area contributed by atoms with Crippen molar-refractivity contribution < 1.29 is 14.3 Å². The predicted molar refractivity (Wildman–Crippen MR) is 79.4 cm³/mol. The second-order valence-electron chi connectivity index (χ2n) is 5.87. The molecule has 21 heavy (non-hydrogen) atoms. The van der Waals surface area contributed by atoms with E-state index in [4.69, 9.17) is 4.74 Å². The lowest BCUT2D eigenvalue weighted by Gasteiger charge is -2.29. The average molecular weight is 287 g/mol. The van der Waals surface area contributed by atoms with Crippen molar-refractivity contribution in [3.05, 3.63) is 29.8 Å². The quantitative estimate of drug-likeness (QED) is 0.858. The third-order valence-corrected chi connectivity index (χ3v) is 4.71. The molecule has 1 saturated heterocycles. The molecule has 1 amide bonds. The molecule has 0 bridgehead atoms. The maximum absolute atomic E-state index is 12.8. The largest absolute Gasteiger partial charge is 0.496 e. The van der Waals surface area contributed by atoms with Crippen LogP contribution >= 0.6 is 0 Å². The lowest BCUT2D eigenvalue weighted by molar-refractivity contribution is -0.121. The molecule has 1 aliphatic heterocycles. The van der Waals surface area contributed by atoms with E-state index in [0.717, 1.165) is 32.2 Å². The Bertz CT molecular complexity index is 555. The summed E-state index contributed by atoms with van der Waals surface area (Å²) in [6.07, 6.45) is 4.50. The number of carbonyl (C=O) groups is 2. The SMILES string of the molecule is COc1ccccc1C(=O)N1CCCC1C1CCCC1=O. The summed E-state index contributed by atoms with van der Waals surface area (Å²) in [6.45, 7) is 0.741. The van der Waals surface area contributed by atoms with Crippen LogP contribution in [0.1, 0.15) is 42.5 Å². The van der Waals surface area contributed by atoms with Gasteiger partial charge in [0, 0.05) is 24.9 Å². The zero-order valence-corrected chi connectivity index (χ0v) is 12.4. The summed E-state index contributed by atoms with van der Waals surface area (Å²) < 4.78 is 5.29. The number of ether oxygens (including phenoxy) is 1. The van der Waals surface area contributed by atoms with Crippen LogP contribution in [0.15, 0.2) is 24.3 Å². The molecule has 112 valence electrons. The number of hydrogen-bond donors (Lipinski definition) is 0. The van der Waals surface area contributed by atoms with Gasteiger partial charge in [0.05, 0.1) is 12.7 Å². The van der Waals surface area contributed by atoms with Gasteiger partial charge in [0.25, 0.3) is 5.91 Å².